The second kappa shape index (κ2) is 5.88. The molecule has 110 valence electrons. The third kappa shape index (κ3) is 3.16. The molecule has 1 amide bonds. The van der Waals surface area contributed by atoms with Gasteiger partial charge < -0.3 is 15.5 Å². The van der Waals surface area contributed by atoms with E-state index in [-0.39, 0.29) is 11.5 Å². The average Bonchev–Trinajstić information content (AvgIpc) is 2.87. The first-order valence-electron chi connectivity index (χ1n) is 6.10. The largest absolute Gasteiger partial charge is 0.507 e. The Morgan fingerprint density at radius 2 is 2.05 bits per heavy atom. The molecular formula is C13H13N3O4S. The summed E-state index contributed by atoms with van der Waals surface area (Å²) < 4.78 is 3.76. The standard InChI is InChI=1S/C13H13N3O4S/c1-6(2)10-11(21-16-15-10)12(18)14-7-3-4-8(13(19)20)9(17)5-7/h3-6,17H,1-2H3,(H,14,18)(H,19,20). The number of hydrogen-bond acceptors (Lipinski definition) is 6. The molecule has 0 saturated heterocycles. The number of carbonyl (C=O) groups is 2. The number of phenols is 1. The number of aromatic nitrogens is 2. The lowest BCUT2D eigenvalue weighted by atomic mass is 10.1. The van der Waals surface area contributed by atoms with Gasteiger partial charge in [0.05, 0.1) is 5.69 Å². The molecule has 0 spiro atoms. The normalized spacial score (nSPS) is 10.6. The fourth-order valence-electron chi connectivity index (χ4n) is 1.71. The minimum atomic E-state index is -1.24. The van der Waals surface area contributed by atoms with Crippen LogP contribution < -0.4 is 5.32 Å². The van der Waals surface area contributed by atoms with Crippen LogP contribution in [0.25, 0.3) is 0 Å². The van der Waals surface area contributed by atoms with Crippen molar-refractivity contribution < 1.29 is 19.8 Å². The number of benzene rings is 1. The molecule has 21 heavy (non-hydrogen) atoms. The zero-order valence-electron chi connectivity index (χ0n) is 11.3. The summed E-state index contributed by atoms with van der Waals surface area (Å²) >= 11 is 0.988. The maximum Gasteiger partial charge on any atom is 0.339 e. The van der Waals surface area contributed by atoms with Gasteiger partial charge in [-0.3, -0.25) is 4.79 Å². The molecule has 0 aliphatic heterocycles. The van der Waals surface area contributed by atoms with Gasteiger partial charge in [0.1, 0.15) is 16.2 Å². The van der Waals surface area contributed by atoms with E-state index < -0.39 is 17.6 Å². The van der Waals surface area contributed by atoms with Gasteiger partial charge in [0.25, 0.3) is 5.91 Å². The Hall–Kier alpha value is -2.48. The molecule has 2 aromatic rings. The van der Waals surface area contributed by atoms with Crippen molar-refractivity contribution in [3.8, 4) is 5.75 Å². The quantitative estimate of drug-likeness (QED) is 0.799. The van der Waals surface area contributed by atoms with Crippen molar-refractivity contribution in [3.05, 3.63) is 34.3 Å². The molecular weight excluding hydrogens is 294 g/mol. The predicted molar refractivity (Wildman–Crippen MR) is 77.0 cm³/mol. The minimum Gasteiger partial charge on any atom is -0.507 e. The average molecular weight is 307 g/mol. The van der Waals surface area contributed by atoms with Crippen molar-refractivity contribution in [3.63, 3.8) is 0 Å². The number of carboxylic acid groups (broad SMARTS) is 1. The molecule has 7 nitrogen and oxygen atoms in total. The number of carboxylic acids is 1. The molecule has 0 aliphatic rings. The van der Waals surface area contributed by atoms with Crippen LogP contribution in [-0.2, 0) is 0 Å². The van der Waals surface area contributed by atoms with E-state index in [9.17, 15) is 14.7 Å². The molecule has 0 bridgehead atoms. The summed E-state index contributed by atoms with van der Waals surface area (Å²) in [7, 11) is 0. The first kappa shape index (κ1) is 14.9. The highest BCUT2D eigenvalue weighted by Crippen LogP contribution is 2.24. The first-order chi connectivity index (χ1) is 9.90. The lowest BCUT2D eigenvalue weighted by Gasteiger charge is -2.07. The molecule has 1 aromatic heterocycles. The lowest BCUT2D eigenvalue weighted by molar-refractivity contribution is 0.0693. The SMILES string of the molecule is CC(C)c1nnsc1C(=O)Nc1ccc(C(=O)O)c(O)c1. The molecule has 0 fully saturated rings. The summed E-state index contributed by atoms with van der Waals surface area (Å²) in [6.07, 6.45) is 0. The number of aromatic carboxylic acids is 1. The van der Waals surface area contributed by atoms with Gasteiger partial charge in [-0.25, -0.2) is 4.79 Å². The lowest BCUT2D eigenvalue weighted by Crippen LogP contribution is -2.13. The molecule has 8 heteroatoms. The van der Waals surface area contributed by atoms with E-state index in [0.29, 0.717) is 16.3 Å². The van der Waals surface area contributed by atoms with E-state index in [1.165, 1.54) is 18.2 Å². The number of nitrogens with zero attached hydrogens (tertiary/aromatic N) is 2. The van der Waals surface area contributed by atoms with Crippen LogP contribution in [0.4, 0.5) is 5.69 Å². The molecule has 0 unspecified atom stereocenters. The van der Waals surface area contributed by atoms with E-state index in [0.717, 1.165) is 11.5 Å². The highest BCUT2D eigenvalue weighted by atomic mass is 32.1. The maximum atomic E-state index is 12.2. The topological polar surface area (TPSA) is 112 Å². The fourth-order valence-corrected chi connectivity index (χ4v) is 2.43. The van der Waals surface area contributed by atoms with Crippen LogP contribution in [0.5, 0.6) is 5.75 Å². The first-order valence-corrected chi connectivity index (χ1v) is 6.87. The molecule has 0 radical (unpaired) electrons. The third-order valence-electron chi connectivity index (χ3n) is 2.75. The minimum absolute atomic E-state index is 0.0623. The molecule has 1 aromatic carbocycles. The van der Waals surface area contributed by atoms with E-state index in [2.05, 4.69) is 14.9 Å². The summed E-state index contributed by atoms with van der Waals surface area (Å²) in [5.41, 5.74) is 0.671. The molecule has 1 heterocycles. The predicted octanol–water partition coefficient (Wildman–Crippen LogP) is 2.32. The third-order valence-corrected chi connectivity index (χ3v) is 3.49. The Bertz CT molecular complexity index is 696. The van der Waals surface area contributed by atoms with Crippen molar-refractivity contribution in [1.29, 1.82) is 0 Å². The van der Waals surface area contributed by atoms with E-state index in [4.69, 9.17) is 5.11 Å². The Balaban J connectivity index is 2.22. The van der Waals surface area contributed by atoms with Crippen molar-refractivity contribution in [2.75, 3.05) is 5.32 Å². The van der Waals surface area contributed by atoms with Crippen molar-refractivity contribution in [2.45, 2.75) is 19.8 Å². The number of nitrogens with one attached hydrogen (secondary N) is 1. The Kier molecular flexibility index (Phi) is 4.18. The van der Waals surface area contributed by atoms with Gasteiger partial charge >= 0.3 is 5.97 Å². The Labute approximate surface area is 124 Å². The van der Waals surface area contributed by atoms with E-state index in [1.807, 2.05) is 13.8 Å². The van der Waals surface area contributed by atoms with Crippen LogP contribution in [0.15, 0.2) is 18.2 Å². The van der Waals surface area contributed by atoms with Crippen LogP contribution in [0, 0.1) is 0 Å². The number of carbonyl (C=O) groups excluding carboxylic acids is 1. The van der Waals surface area contributed by atoms with Gasteiger partial charge in [-0.2, -0.15) is 0 Å². The zero-order chi connectivity index (χ0) is 15.6. The van der Waals surface area contributed by atoms with Gasteiger partial charge in [-0.05, 0) is 29.6 Å². The number of aromatic hydroxyl groups is 1. The summed E-state index contributed by atoms with van der Waals surface area (Å²) in [5.74, 6) is -1.98. The summed E-state index contributed by atoms with van der Waals surface area (Å²) in [6, 6.07) is 3.82. The number of hydrogen-bond donors (Lipinski definition) is 3. The van der Waals surface area contributed by atoms with E-state index >= 15 is 0 Å². The second-order valence-electron chi connectivity index (χ2n) is 4.63. The molecule has 3 N–H and O–H groups in total. The zero-order valence-corrected chi connectivity index (χ0v) is 12.1. The van der Waals surface area contributed by atoms with E-state index in [1.54, 1.807) is 0 Å². The van der Waals surface area contributed by atoms with Gasteiger partial charge in [-0.15, -0.1) is 5.10 Å². The Morgan fingerprint density at radius 3 is 2.62 bits per heavy atom. The second-order valence-corrected chi connectivity index (χ2v) is 5.39. The van der Waals surface area contributed by atoms with Crippen molar-refractivity contribution >= 4 is 29.1 Å². The summed E-state index contributed by atoms with van der Waals surface area (Å²) in [6.45, 7) is 3.81. The summed E-state index contributed by atoms with van der Waals surface area (Å²) in [4.78, 5) is 23.3. The number of anilines is 1. The van der Waals surface area contributed by atoms with Gasteiger partial charge in [0.15, 0.2) is 0 Å². The van der Waals surface area contributed by atoms with Crippen molar-refractivity contribution in [1.82, 2.24) is 9.59 Å². The Morgan fingerprint density at radius 1 is 1.33 bits per heavy atom. The van der Waals surface area contributed by atoms with Crippen LogP contribution in [0.2, 0.25) is 0 Å². The van der Waals surface area contributed by atoms with Crippen molar-refractivity contribution in [2.24, 2.45) is 0 Å². The molecule has 0 saturated carbocycles. The van der Waals surface area contributed by atoms with Crippen LogP contribution in [-0.4, -0.2) is 31.7 Å². The molecule has 2 rings (SSSR count). The van der Waals surface area contributed by atoms with Gasteiger partial charge in [0, 0.05) is 11.8 Å². The summed E-state index contributed by atoms with van der Waals surface area (Å²) in [5, 5.41) is 24.9. The van der Waals surface area contributed by atoms with Gasteiger partial charge in [-0.1, -0.05) is 18.3 Å². The molecule has 0 atom stereocenters. The monoisotopic (exact) mass is 307 g/mol. The number of rotatable bonds is 4. The van der Waals surface area contributed by atoms with Gasteiger partial charge in [0.2, 0.25) is 0 Å². The highest BCUT2D eigenvalue weighted by molar-refractivity contribution is 7.08. The molecule has 0 aliphatic carbocycles. The number of amides is 1. The van der Waals surface area contributed by atoms with Crippen LogP contribution >= 0.6 is 11.5 Å². The smallest absolute Gasteiger partial charge is 0.339 e. The maximum absolute atomic E-state index is 12.2. The van der Waals surface area contributed by atoms with Crippen LogP contribution in [0.3, 0.4) is 0 Å². The highest BCUT2D eigenvalue weighted by Gasteiger charge is 2.19. The van der Waals surface area contributed by atoms with Crippen LogP contribution in [0.1, 0.15) is 45.5 Å². The fraction of sp³-hybridized carbons (Fsp3) is 0.231.